The summed E-state index contributed by atoms with van der Waals surface area (Å²) in [6.07, 6.45) is 1.19. The molecular formula is C10H19N3S. The molecule has 0 fully saturated rings. The van der Waals surface area contributed by atoms with Crippen molar-refractivity contribution in [3.05, 3.63) is 16.1 Å². The van der Waals surface area contributed by atoms with Crippen molar-refractivity contribution in [3.63, 3.8) is 0 Å². The molecular weight excluding hydrogens is 194 g/mol. The normalized spacial score (nSPS) is 11.1. The van der Waals surface area contributed by atoms with Crippen LogP contribution < -0.4 is 5.32 Å². The highest BCUT2D eigenvalue weighted by Crippen LogP contribution is 2.07. The largest absolute Gasteiger partial charge is 0.310 e. The molecule has 0 aliphatic heterocycles. The van der Waals surface area contributed by atoms with Crippen molar-refractivity contribution >= 4 is 11.3 Å². The first kappa shape index (κ1) is 11.6. The maximum Gasteiger partial charge on any atom is 0.107 e. The predicted octanol–water partition coefficient (Wildman–Crippen LogP) is 1.49. The third-order valence-electron chi connectivity index (χ3n) is 1.90. The van der Waals surface area contributed by atoms with Gasteiger partial charge in [-0.1, -0.05) is 0 Å². The summed E-state index contributed by atoms with van der Waals surface area (Å²) in [6, 6.07) is 0. The van der Waals surface area contributed by atoms with Gasteiger partial charge in [0, 0.05) is 17.6 Å². The van der Waals surface area contributed by atoms with Crippen LogP contribution in [0.3, 0.4) is 0 Å². The number of hydrogen-bond donors (Lipinski definition) is 1. The van der Waals surface area contributed by atoms with Gasteiger partial charge in [0.1, 0.15) is 5.01 Å². The van der Waals surface area contributed by atoms with Gasteiger partial charge in [-0.2, -0.15) is 0 Å². The summed E-state index contributed by atoms with van der Waals surface area (Å²) >= 11 is 1.73. The lowest BCUT2D eigenvalue weighted by Gasteiger charge is -2.08. The lowest BCUT2D eigenvalue weighted by Crippen LogP contribution is -2.20. The van der Waals surface area contributed by atoms with Gasteiger partial charge in [0.2, 0.25) is 0 Å². The van der Waals surface area contributed by atoms with Crippen LogP contribution in [0.1, 0.15) is 17.1 Å². The molecule has 0 radical (unpaired) electrons. The Morgan fingerprint density at radius 2 is 2.29 bits per heavy atom. The Balaban J connectivity index is 2.04. The summed E-state index contributed by atoms with van der Waals surface area (Å²) in [5, 5.41) is 6.67. The summed E-state index contributed by atoms with van der Waals surface area (Å²) in [6.45, 7) is 5.15. The van der Waals surface area contributed by atoms with Crippen molar-refractivity contribution in [2.75, 3.05) is 27.2 Å². The highest BCUT2D eigenvalue weighted by Gasteiger charge is 1.97. The highest BCUT2D eigenvalue weighted by atomic mass is 32.1. The lowest BCUT2D eigenvalue weighted by atomic mass is 10.4. The second-order valence-electron chi connectivity index (χ2n) is 3.72. The van der Waals surface area contributed by atoms with Crippen LogP contribution in [0.25, 0.3) is 0 Å². The van der Waals surface area contributed by atoms with E-state index < -0.39 is 0 Å². The van der Waals surface area contributed by atoms with Crippen molar-refractivity contribution in [3.8, 4) is 0 Å². The zero-order chi connectivity index (χ0) is 10.4. The van der Waals surface area contributed by atoms with E-state index in [2.05, 4.69) is 34.7 Å². The van der Waals surface area contributed by atoms with Crippen LogP contribution in [-0.2, 0) is 6.54 Å². The maximum absolute atomic E-state index is 4.39. The Morgan fingerprint density at radius 1 is 1.50 bits per heavy atom. The van der Waals surface area contributed by atoms with E-state index in [1.165, 1.54) is 11.4 Å². The van der Waals surface area contributed by atoms with Gasteiger partial charge >= 0.3 is 0 Å². The lowest BCUT2D eigenvalue weighted by molar-refractivity contribution is 0.394. The Kier molecular flexibility index (Phi) is 5.07. The molecule has 0 spiro atoms. The fraction of sp³-hybridized carbons (Fsp3) is 0.700. The van der Waals surface area contributed by atoms with Gasteiger partial charge < -0.3 is 10.2 Å². The van der Waals surface area contributed by atoms with Crippen LogP contribution in [0.5, 0.6) is 0 Å². The fourth-order valence-electron chi connectivity index (χ4n) is 1.20. The van der Waals surface area contributed by atoms with E-state index in [-0.39, 0.29) is 0 Å². The van der Waals surface area contributed by atoms with E-state index in [4.69, 9.17) is 0 Å². The molecule has 0 saturated carbocycles. The molecule has 1 rings (SSSR count). The quantitative estimate of drug-likeness (QED) is 0.726. The van der Waals surface area contributed by atoms with Crippen LogP contribution in [-0.4, -0.2) is 37.1 Å². The molecule has 3 nitrogen and oxygen atoms in total. The fourth-order valence-corrected chi connectivity index (χ4v) is 1.94. The average molecular weight is 213 g/mol. The molecule has 1 N–H and O–H groups in total. The van der Waals surface area contributed by atoms with Crippen molar-refractivity contribution < 1.29 is 0 Å². The third kappa shape index (κ3) is 4.69. The summed E-state index contributed by atoms with van der Waals surface area (Å²) < 4.78 is 0. The number of hydrogen-bond acceptors (Lipinski definition) is 4. The van der Waals surface area contributed by atoms with E-state index >= 15 is 0 Å². The molecule has 4 heteroatoms. The van der Waals surface area contributed by atoms with Crippen molar-refractivity contribution in [2.24, 2.45) is 0 Å². The van der Waals surface area contributed by atoms with Gasteiger partial charge in [-0.05, 0) is 40.5 Å². The summed E-state index contributed by atoms with van der Waals surface area (Å²) in [5.74, 6) is 0. The minimum absolute atomic E-state index is 0.909. The molecule has 0 aliphatic carbocycles. The molecule has 0 amide bonds. The van der Waals surface area contributed by atoms with Crippen molar-refractivity contribution in [2.45, 2.75) is 19.9 Å². The summed E-state index contributed by atoms with van der Waals surface area (Å²) in [5.41, 5.74) is 1.13. The SMILES string of the molecule is Cc1csc(CNCCCN(C)C)n1. The summed E-state index contributed by atoms with van der Waals surface area (Å²) in [4.78, 5) is 6.59. The maximum atomic E-state index is 4.39. The van der Waals surface area contributed by atoms with E-state index in [9.17, 15) is 0 Å². The van der Waals surface area contributed by atoms with Crippen molar-refractivity contribution in [1.29, 1.82) is 0 Å². The molecule has 0 atom stereocenters. The Morgan fingerprint density at radius 3 is 2.86 bits per heavy atom. The van der Waals surface area contributed by atoms with Gasteiger partial charge in [0.15, 0.2) is 0 Å². The number of thiazole rings is 1. The average Bonchev–Trinajstić information content (AvgIpc) is 2.50. The van der Waals surface area contributed by atoms with Gasteiger partial charge in [0.05, 0.1) is 0 Å². The molecule has 0 aliphatic rings. The molecule has 80 valence electrons. The molecule has 0 aromatic carbocycles. The molecule has 1 aromatic heterocycles. The van der Waals surface area contributed by atoms with Crippen LogP contribution in [0.2, 0.25) is 0 Å². The minimum atomic E-state index is 0.909. The second-order valence-corrected chi connectivity index (χ2v) is 4.66. The number of nitrogens with zero attached hydrogens (tertiary/aromatic N) is 2. The van der Waals surface area contributed by atoms with Gasteiger partial charge in [-0.3, -0.25) is 0 Å². The molecule has 0 bridgehead atoms. The molecule has 0 unspecified atom stereocenters. The zero-order valence-electron chi connectivity index (χ0n) is 9.21. The van der Waals surface area contributed by atoms with Crippen LogP contribution >= 0.6 is 11.3 Å². The minimum Gasteiger partial charge on any atom is -0.310 e. The van der Waals surface area contributed by atoms with Crippen LogP contribution in [0.4, 0.5) is 0 Å². The first-order valence-corrected chi connectivity index (χ1v) is 5.83. The Hall–Kier alpha value is -0.450. The Bertz CT molecular complexity index is 258. The van der Waals surface area contributed by atoms with E-state index in [0.717, 1.165) is 25.3 Å². The molecule has 1 aromatic rings. The second kappa shape index (κ2) is 6.11. The summed E-state index contributed by atoms with van der Waals surface area (Å²) in [7, 11) is 4.20. The van der Waals surface area contributed by atoms with Gasteiger partial charge in [0.25, 0.3) is 0 Å². The van der Waals surface area contributed by atoms with Gasteiger partial charge in [-0.15, -0.1) is 11.3 Å². The number of aromatic nitrogens is 1. The van der Waals surface area contributed by atoms with E-state index in [0.29, 0.717) is 0 Å². The standard InChI is InChI=1S/C10H19N3S/c1-9-8-14-10(12-9)7-11-5-4-6-13(2)3/h8,11H,4-7H2,1-3H3. The first-order valence-electron chi connectivity index (χ1n) is 4.95. The number of rotatable bonds is 6. The van der Waals surface area contributed by atoms with E-state index in [1.54, 1.807) is 11.3 Å². The predicted molar refractivity (Wildman–Crippen MR) is 61.7 cm³/mol. The topological polar surface area (TPSA) is 28.2 Å². The van der Waals surface area contributed by atoms with Crippen LogP contribution in [0, 0.1) is 6.92 Å². The Labute approximate surface area is 90.2 Å². The number of aryl methyl sites for hydroxylation is 1. The first-order chi connectivity index (χ1) is 6.68. The molecule has 1 heterocycles. The number of nitrogens with one attached hydrogen (secondary N) is 1. The molecule has 14 heavy (non-hydrogen) atoms. The monoisotopic (exact) mass is 213 g/mol. The molecule has 0 saturated heterocycles. The van der Waals surface area contributed by atoms with Gasteiger partial charge in [-0.25, -0.2) is 4.98 Å². The van der Waals surface area contributed by atoms with Crippen LogP contribution in [0.15, 0.2) is 5.38 Å². The third-order valence-corrected chi connectivity index (χ3v) is 2.87. The van der Waals surface area contributed by atoms with E-state index in [1.807, 2.05) is 6.92 Å². The zero-order valence-corrected chi connectivity index (χ0v) is 10.0. The smallest absolute Gasteiger partial charge is 0.107 e. The highest BCUT2D eigenvalue weighted by molar-refractivity contribution is 7.09. The van der Waals surface area contributed by atoms with Crippen molar-refractivity contribution in [1.82, 2.24) is 15.2 Å².